The van der Waals surface area contributed by atoms with Gasteiger partial charge in [0, 0.05) is 24.5 Å². The summed E-state index contributed by atoms with van der Waals surface area (Å²) in [5, 5.41) is 9.96. The Morgan fingerprint density at radius 1 is 1.24 bits per heavy atom. The van der Waals surface area contributed by atoms with E-state index in [9.17, 15) is 4.79 Å². The summed E-state index contributed by atoms with van der Waals surface area (Å²) in [6, 6.07) is 3.73. The molecule has 2 heterocycles. The van der Waals surface area contributed by atoms with Gasteiger partial charge in [0.2, 0.25) is 0 Å². The summed E-state index contributed by atoms with van der Waals surface area (Å²) in [6.07, 6.45) is 11.4. The molecule has 0 unspecified atom stereocenters. The first-order valence-electron chi connectivity index (χ1n) is 7.56. The van der Waals surface area contributed by atoms with Gasteiger partial charge in [-0.15, -0.1) is 0 Å². The third-order valence-corrected chi connectivity index (χ3v) is 4.13. The van der Waals surface area contributed by atoms with Crippen LogP contribution in [0, 0.1) is 5.92 Å². The van der Waals surface area contributed by atoms with Gasteiger partial charge in [-0.1, -0.05) is 19.3 Å². The van der Waals surface area contributed by atoms with Crippen LogP contribution in [0.1, 0.15) is 42.5 Å². The highest BCUT2D eigenvalue weighted by molar-refractivity contribution is 5.99. The van der Waals surface area contributed by atoms with Crippen molar-refractivity contribution in [3.8, 4) is 11.3 Å². The summed E-state index contributed by atoms with van der Waals surface area (Å²) in [6.45, 7) is 0.764. The zero-order chi connectivity index (χ0) is 14.5. The topological polar surface area (TPSA) is 70.7 Å². The number of carbonyl (C=O) groups excluding carboxylic acids is 1. The van der Waals surface area contributed by atoms with Crippen molar-refractivity contribution in [2.24, 2.45) is 5.92 Å². The number of hydrogen-bond acceptors (Lipinski definition) is 3. The van der Waals surface area contributed by atoms with Crippen molar-refractivity contribution in [1.29, 1.82) is 0 Å². The van der Waals surface area contributed by atoms with E-state index < -0.39 is 0 Å². The molecule has 1 aliphatic carbocycles. The van der Waals surface area contributed by atoms with Gasteiger partial charge in [0.05, 0.1) is 17.5 Å². The predicted octanol–water partition coefficient (Wildman–Crippen LogP) is 2.78. The molecule has 0 spiro atoms. The Morgan fingerprint density at radius 3 is 2.76 bits per heavy atom. The van der Waals surface area contributed by atoms with Crippen LogP contribution in [0.4, 0.5) is 0 Å². The lowest BCUT2D eigenvalue weighted by atomic mass is 9.89. The molecule has 0 atom stereocenters. The molecule has 0 aromatic carbocycles. The molecule has 21 heavy (non-hydrogen) atoms. The van der Waals surface area contributed by atoms with E-state index in [0.717, 1.165) is 17.8 Å². The van der Waals surface area contributed by atoms with Crippen molar-refractivity contribution >= 4 is 5.91 Å². The van der Waals surface area contributed by atoms with E-state index in [1.165, 1.54) is 32.1 Å². The zero-order valence-electron chi connectivity index (χ0n) is 12.0. The summed E-state index contributed by atoms with van der Waals surface area (Å²) in [5.74, 6) is 0.570. The molecule has 5 heteroatoms. The minimum Gasteiger partial charge on any atom is -0.352 e. The van der Waals surface area contributed by atoms with E-state index in [1.54, 1.807) is 18.6 Å². The van der Waals surface area contributed by atoms with Crippen LogP contribution in [-0.4, -0.2) is 27.6 Å². The number of hydrogen-bond donors (Lipinski definition) is 2. The van der Waals surface area contributed by atoms with Gasteiger partial charge in [-0.2, -0.15) is 5.10 Å². The van der Waals surface area contributed by atoms with E-state index in [4.69, 9.17) is 0 Å². The maximum absolute atomic E-state index is 12.4. The highest BCUT2D eigenvalue weighted by Gasteiger charge is 2.18. The second-order valence-electron chi connectivity index (χ2n) is 5.61. The van der Waals surface area contributed by atoms with Crippen molar-refractivity contribution in [2.75, 3.05) is 6.54 Å². The van der Waals surface area contributed by atoms with Crippen LogP contribution in [0.5, 0.6) is 0 Å². The van der Waals surface area contributed by atoms with Crippen LogP contribution < -0.4 is 5.32 Å². The first kappa shape index (κ1) is 13.8. The summed E-state index contributed by atoms with van der Waals surface area (Å²) in [7, 11) is 0. The molecular weight excluding hydrogens is 264 g/mol. The Kier molecular flexibility index (Phi) is 4.28. The predicted molar refractivity (Wildman–Crippen MR) is 80.7 cm³/mol. The number of amides is 1. The van der Waals surface area contributed by atoms with Gasteiger partial charge in [0.1, 0.15) is 0 Å². The maximum atomic E-state index is 12.4. The number of aromatic amines is 1. The van der Waals surface area contributed by atoms with E-state index in [0.29, 0.717) is 11.5 Å². The second-order valence-corrected chi connectivity index (χ2v) is 5.61. The molecule has 0 radical (unpaired) electrons. The smallest absolute Gasteiger partial charge is 0.255 e. The first-order chi connectivity index (χ1) is 10.3. The quantitative estimate of drug-likeness (QED) is 0.907. The minimum atomic E-state index is -0.0545. The van der Waals surface area contributed by atoms with E-state index >= 15 is 0 Å². The van der Waals surface area contributed by atoms with Crippen molar-refractivity contribution in [2.45, 2.75) is 32.1 Å². The lowest BCUT2D eigenvalue weighted by Crippen LogP contribution is -2.30. The Bertz CT molecular complexity index is 587. The molecule has 0 bridgehead atoms. The van der Waals surface area contributed by atoms with Crippen LogP contribution >= 0.6 is 0 Å². The van der Waals surface area contributed by atoms with Crippen molar-refractivity contribution in [3.63, 3.8) is 0 Å². The first-order valence-corrected chi connectivity index (χ1v) is 7.56. The van der Waals surface area contributed by atoms with Gasteiger partial charge in [0.15, 0.2) is 0 Å². The van der Waals surface area contributed by atoms with Crippen LogP contribution in [0.3, 0.4) is 0 Å². The van der Waals surface area contributed by atoms with Gasteiger partial charge < -0.3 is 5.32 Å². The van der Waals surface area contributed by atoms with Crippen LogP contribution in [-0.2, 0) is 0 Å². The SMILES string of the molecule is O=C(NCC1CCCCC1)c1cn[nH]c1-c1ccncc1. The Hall–Kier alpha value is -2.17. The fraction of sp³-hybridized carbons (Fsp3) is 0.438. The molecule has 0 saturated heterocycles. The fourth-order valence-corrected chi connectivity index (χ4v) is 2.92. The van der Waals surface area contributed by atoms with Gasteiger partial charge in [0.25, 0.3) is 5.91 Å². The zero-order valence-corrected chi connectivity index (χ0v) is 12.0. The summed E-state index contributed by atoms with van der Waals surface area (Å²) >= 11 is 0. The molecule has 2 N–H and O–H groups in total. The number of aromatic nitrogens is 3. The molecule has 1 fully saturated rings. The molecular formula is C16H20N4O. The minimum absolute atomic E-state index is 0.0545. The molecule has 0 aliphatic heterocycles. The molecule has 1 amide bonds. The molecule has 5 nitrogen and oxygen atoms in total. The second kappa shape index (κ2) is 6.52. The number of nitrogens with zero attached hydrogens (tertiary/aromatic N) is 2. The number of H-pyrrole nitrogens is 1. The third-order valence-electron chi connectivity index (χ3n) is 4.13. The summed E-state index contributed by atoms with van der Waals surface area (Å²) in [5.41, 5.74) is 2.26. The fourth-order valence-electron chi connectivity index (χ4n) is 2.92. The lowest BCUT2D eigenvalue weighted by molar-refractivity contribution is 0.0944. The Balaban J connectivity index is 1.66. The third kappa shape index (κ3) is 3.29. The number of nitrogens with one attached hydrogen (secondary N) is 2. The monoisotopic (exact) mass is 284 g/mol. The van der Waals surface area contributed by atoms with E-state index in [1.807, 2.05) is 12.1 Å². The largest absolute Gasteiger partial charge is 0.352 e. The van der Waals surface area contributed by atoms with Crippen molar-refractivity contribution < 1.29 is 4.79 Å². The number of rotatable bonds is 4. The summed E-state index contributed by atoms with van der Waals surface area (Å²) in [4.78, 5) is 16.3. The maximum Gasteiger partial charge on any atom is 0.255 e. The lowest BCUT2D eigenvalue weighted by Gasteiger charge is -2.21. The molecule has 1 saturated carbocycles. The van der Waals surface area contributed by atoms with Gasteiger partial charge in [-0.05, 0) is 30.9 Å². The molecule has 2 aromatic rings. The highest BCUT2D eigenvalue weighted by atomic mass is 16.1. The van der Waals surface area contributed by atoms with E-state index in [-0.39, 0.29) is 5.91 Å². The Labute approximate surface area is 124 Å². The molecule has 1 aliphatic rings. The van der Waals surface area contributed by atoms with Crippen LogP contribution in [0.25, 0.3) is 11.3 Å². The van der Waals surface area contributed by atoms with Crippen LogP contribution in [0.15, 0.2) is 30.7 Å². The normalized spacial score (nSPS) is 15.8. The van der Waals surface area contributed by atoms with Crippen LogP contribution in [0.2, 0.25) is 0 Å². The Morgan fingerprint density at radius 2 is 2.00 bits per heavy atom. The van der Waals surface area contributed by atoms with Gasteiger partial charge in [-0.3, -0.25) is 14.9 Å². The molecule has 2 aromatic heterocycles. The summed E-state index contributed by atoms with van der Waals surface area (Å²) < 4.78 is 0. The number of carbonyl (C=O) groups is 1. The van der Waals surface area contributed by atoms with E-state index in [2.05, 4.69) is 20.5 Å². The van der Waals surface area contributed by atoms with Gasteiger partial charge in [-0.25, -0.2) is 0 Å². The van der Waals surface area contributed by atoms with Crippen molar-refractivity contribution in [3.05, 3.63) is 36.3 Å². The standard InChI is InChI=1S/C16H20N4O/c21-16(18-10-12-4-2-1-3-5-12)14-11-19-20-15(14)13-6-8-17-9-7-13/h6-9,11-12H,1-5,10H2,(H,18,21)(H,19,20). The highest BCUT2D eigenvalue weighted by Crippen LogP contribution is 2.23. The molecule has 3 rings (SSSR count). The van der Waals surface area contributed by atoms with Crippen molar-refractivity contribution in [1.82, 2.24) is 20.5 Å². The molecule has 110 valence electrons. The average Bonchev–Trinajstić information content (AvgIpc) is 3.04. The number of pyridine rings is 1. The van der Waals surface area contributed by atoms with Gasteiger partial charge >= 0.3 is 0 Å². The average molecular weight is 284 g/mol.